The molecule has 0 aliphatic heterocycles. The van der Waals surface area contributed by atoms with E-state index in [0.29, 0.717) is 16.6 Å². The van der Waals surface area contributed by atoms with E-state index in [1.165, 1.54) is 12.1 Å². The van der Waals surface area contributed by atoms with Gasteiger partial charge in [0.15, 0.2) is 0 Å². The van der Waals surface area contributed by atoms with E-state index < -0.39 is 12.0 Å². The van der Waals surface area contributed by atoms with Crippen molar-refractivity contribution in [1.29, 1.82) is 0 Å². The summed E-state index contributed by atoms with van der Waals surface area (Å²) in [5.41, 5.74) is 1.71. The number of hydrogen-bond acceptors (Lipinski definition) is 4. The van der Waals surface area contributed by atoms with E-state index in [4.69, 9.17) is 0 Å². The largest absolute Gasteiger partial charge is 0.489 e. The summed E-state index contributed by atoms with van der Waals surface area (Å²) in [7, 11) is -1.57. The second kappa shape index (κ2) is 4.99. The van der Waals surface area contributed by atoms with Gasteiger partial charge in [-0.3, -0.25) is 10.1 Å². The Hall–Kier alpha value is -2.18. The van der Waals surface area contributed by atoms with Crippen LogP contribution < -0.4 is 5.46 Å². The molecule has 0 aliphatic rings. The Morgan fingerprint density at radius 3 is 2.17 bits per heavy atom. The number of hydrogen-bond donors (Lipinski definition) is 2. The summed E-state index contributed by atoms with van der Waals surface area (Å²) < 4.78 is 0. The zero-order chi connectivity index (χ0) is 13.1. The summed E-state index contributed by atoms with van der Waals surface area (Å²) in [6.07, 6.45) is 0. The van der Waals surface area contributed by atoms with E-state index in [1.807, 2.05) is 0 Å². The lowest BCUT2D eigenvalue weighted by Crippen LogP contribution is -2.31. The van der Waals surface area contributed by atoms with E-state index in [2.05, 4.69) is 0 Å². The van der Waals surface area contributed by atoms with Crippen LogP contribution >= 0.6 is 0 Å². The molecule has 2 N–H and O–H groups in total. The minimum absolute atomic E-state index is 0.000720. The monoisotopic (exact) mass is 243 g/mol. The molecule has 0 heterocycles. The summed E-state index contributed by atoms with van der Waals surface area (Å²) >= 11 is 0. The van der Waals surface area contributed by atoms with Crippen molar-refractivity contribution in [3.63, 3.8) is 0 Å². The number of non-ortho nitro benzene ring substituents is 1. The smallest absolute Gasteiger partial charge is 0.423 e. The maximum Gasteiger partial charge on any atom is 0.489 e. The van der Waals surface area contributed by atoms with Gasteiger partial charge in [0, 0.05) is 12.1 Å². The first kappa shape index (κ1) is 12.3. The average molecular weight is 243 g/mol. The number of nitro groups is 1. The van der Waals surface area contributed by atoms with Gasteiger partial charge in [0.1, 0.15) is 0 Å². The Kier molecular flexibility index (Phi) is 3.41. The highest BCUT2D eigenvalue weighted by molar-refractivity contribution is 6.60. The van der Waals surface area contributed by atoms with Crippen molar-refractivity contribution in [2.24, 2.45) is 0 Å². The molecule has 0 fully saturated rings. The SMILES string of the molecule is O=[N+]([O-])c1ccc(-c2ccccc2B(O)O)cc1. The fourth-order valence-corrected chi connectivity index (χ4v) is 1.75. The van der Waals surface area contributed by atoms with Gasteiger partial charge >= 0.3 is 7.12 Å². The van der Waals surface area contributed by atoms with Crippen LogP contribution in [0.4, 0.5) is 5.69 Å². The van der Waals surface area contributed by atoms with Gasteiger partial charge in [-0.25, -0.2) is 0 Å². The predicted molar refractivity (Wildman–Crippen MR) is 68.4 cm³/mol. The minimum Gasteiger partial charge on any atom is -0.423 e. The zero-order valence-electron chi connectivity index (χ0n) is 9.35. The van der Waals surface area contributed by atoms with E-state index >= 15 is 0 Å². The molecule has 0 aromatic heterocycles. The normalized spacial score (nSPS) is 10.1. The third-order valence-corrected chi connectivity index (χ3v) is 2.63. The Morgan fingerprint density at radius 1 is 1.00 bits per heavy atom. The molecule has 6 heteroatoms. The Bertz CT molecular complexity index is 569. The summed E-state index contributed by atoms with van der Waals surface area (Å²) in [6, 6.07) is 12.7. The third-order valence-electron chi connectivity index (χ3n) is 2.63. The molecular weight excluding hydrogens is 233 g/mol. The van der Waals surface area contributed by atoms with Gasteiger partial charge in [-0.15, -0.1) is 0 Å². The lowest BCUT2D eigenvalue weighted by atomic mass is 9.75. The van der Waals surface area contributed by atoms with E-state index in [-0.39, 0.29) is 5.69 Å². The summed E-state index contributed by atoms with van der Waals surface area (Å²) in [5.74, 6) is 0. The highest BCUT2D eigenvalue weighted by Crippen LogP contribution is 2.21. The number of benzene rings is 2. The van der Waals surface area contributed by atoms with Crippen LogP contribution in [0.25, 0.3) is 11.1 Å². The summed E-state index contributed by atoms with van der Waals surface area (Å²) in [4.78, 5) is 10.1. The van der Waals surface area contributed by atoms with Crippen molar-refractivity contribution in [1.82, 2.24) is 0 Å². The molecule has 0 saturated carbocycles. The first-order chi connectivity index (χ1) is 8.59. The van der Waals surface area contributed by atoms with Crippen molar-refractivity contribution >= 4 is 18.3 Å². The van der Waals surface area contributed by atoms with Gasteiger partial charge in [0.25, 0.3) is 5.69 Å². The van der Waals surface area contributed by atoms with E-state index in [0.717, 1.165) is 0 Å². The number of nitrogens with zero attached hydrogens (tertiary/aromatic N) is 1. The molecule has 0 aliphatic carbocycles. The van der Waals surface area contributed by atoms with Gasteiger partial charge < -0.3 is 10.0 Å². The van der Waals surface area contributed by atoms with Crippen LogP contribution in [0.3, 0.4) is 0 Å². The first-order valence-corrected chi connectivity index (χ1v) is 5.29. The van der Waals surface area contributed by atoms with E-state index in [9.17, 15) is 20.2 Å². The molecule has 0 bridgehead atoms. The van der Waals surface area contributed by atoms with Crippen LogP contribution in [0.2, 0.25) is 0 Å². The van der Waals surface area contributed by atoms with Crippen molar-refractivity contribution < 1.29 is 15.0 Å². The van der Waals surface area contributed by atoms with Crippen LogP contribution in [-0.4, -0.2) is 22.1 Å². The molecule has 5 nitrogen and oxygen atoms in total. The molecule has 0 atom stereocenters. The minimum atomic E-state index is -1.57. The van der Waals surface area contributed by atoms with Crippen molar-refractivity contribution in [3.8, 4) is 11.1 Å². The average Bonchev–Trinajstić information content (AvgIpc) is 2.39. The highest BCUT2D eigenvalue weighted by Gasteiger charge is 2.16. The predicted octanol–water partition coefficient (Wildman–Crippen LogP) is 0.942. The lowest BCUT2D eigenvalue weighted by molar-refractivity contribution is -0.384. The second-order valence-corrected chi connectivity index (χ2v) is 3.76. The second-order valence-electron chi connectivity index (χ2n) is 3.76. The van der Waals surface area contributed by atoms with Gasteiger partial charge in [0.2, 0.25) is 0 Å². The van der Waals surface area contributed by atoms with Crippen molar-refractivity contribution in [2.75, 3.05) is 0 Å². The Labute approximate surface area is 104 Å². The highest BCUT2D eigenvalue weighted by atomic mass is 16.6. The standard InChI is InChI=1S/C12H10BNO4/c15-13(16)12-4-2-1-3-11(12)9-5-7-10(8-6-9)14(17)18/h1-8,15-16H. The summed E-state index contributed by atoms with van der Waals surface area (Å²) in [6.45, 7) is 0. The van der Waals surface area contributed by atoms with Gasteiger partial charge in [-0.05, 0) is 28.7 Å². The zero-order valence-corrected chi connectivity index (χ0v) is 9.35. The summed E-state index contributed by atoms with van der Waals surface area (Å²) in [5, 5.41) is 29.1. The van der Waals surface area contributed by atoms with Crippen LogP contribution in [-0.2, 0) is 0 Å². The molecule has 2 aromatic carbocycles. The molecule has 0 saturated heterocycles. The Morgan fingerprint density at radius 2 is 1.61 bits per heavy atom. The van der Waals surface area contributed by atoms with Crippen LogP contribution in [0.5, 0.6) is 0 Å². The molecular formula is C12H10BNO4. The van der Waals surface area contributed by atoms with Crippen LogP contribution in [0.1, 0.15) is 0 Å². The molecule has 18 heavy (non-hydrogen) atoms. The van der Waals surface area contributed by atoms with Crippen LogP contribution in [0.15, 0.2) is 48.5 Å². The fraction of sp³-hybridized carbons (Fsp3) is 0. The maximum atomic E-state index is 10.5. The molecule has 0 spiro atoms. The number of rotatable bonds is 3. The quantitative estimate of drug-likeness (QED) is 0.477. The molecule has 0 radical (unpaired) electrons. The van der Waals surface area contributed by atoms with Gasteiger partial charge in [-0.1, -0.05) is 24.3 Å². The number of nitro benzene ring substituents is 1. The van der Waals surface area contributed by atoms with Crippen LogP contribution in [0, 0.1) is 10.1 Å². The maximum absolute atomic E-state index is 10.5. The van der Waals surface area contributed by atoms with Gasteiger partial charge in [0.05, 0.1) is 4.92 Å². The van der Waals surface area contributed by atoms with Gasteiger partial charge in [-0.2, -0.15) is 0 Å². The third kappa shape index (κ3) is 2.39. The first-order valence-electron chi connectivity index (χ1n) is 5.29. The lowest BCUT2D eigenvalue weighted by Gasteiger charge is -2.08. The van der Waals surface area contributed by atoms with Crippen molar-refractivity contribution in [2.45, 2.75) is 0 Å². The Balaban J connectivity index is 2.46. The molecule has 0 unspecified atom stereocenters. The van der Waals surface area contributed by atoms with E-state index in [1.54, 1.807) is 36.4 Å². The molecule has 0 amide bonds. The molecule has 90 valence electrons. The van der Waals surface area contributed by atoms with Crippen molar-refractivity contribution in [3.05, 3.63) is 58.6 Å². The topological polar surface area (TPSA) is 83.6 Å². The fourth-order valence-electron chi connectivity index (χ4n) is 1.75. The molecule has 2 rings (SSSR count). The molecule has 2 aromatic rings.